The van der Waals surface area contributed by atoms with Crippen LogP contribution in [0.2, 0.25) is 0 Å². The van der Waals surface area contributed by atoms with E-state index in [1.165, 1.54) is 18.6 Å². The highest BCUT2D eigenvalue weighted by molar-refractivity contribution is 8.00. The lowest BCUT2D eigenvalue weighted by molar-refractivity contribution is 0.127. The summed E-state index contributed by atoms with van der Waals surface area (Å²) in [7, 11) is 0. The molecule has 1 N–H and O–H groups in total. The van der Waals surface area contributed by atoms with Crippen LogP contribution in [0.25, 0.3) is 0 Å². The van der Waals surface area contributed by atoms with Crippen molar-refractivity contribution < 1.29 is 9.47 Å². The molecule has 2 aliphatic heterocycles. The molecule has 100 valence electrons. The van der Waals surface area contributed by atoms with Crippen LogP contribution >= 0.6 is 11.8 Å². The van der Waals surface area contributed by atoms with Crippen LogP contribution in [-0.4, -0.2) is 49.5 Å². The molecule has 0 aliphatic carbocycles. The van der Waals surface area contributed by atoms with Gasteiger partial charge < -0.3 is 14.8 Å². The fraction of sp³-hybridized carbons (Fsp3) is 1.00. The Hall–Kier alpha value is 0.230. The van der Waals surface area contributed by atoms with Gasteiger partial charge in [-0.25, -0.2) is 0 Å². The van der Waals surface area contributed by atoms with E-state index < -0.39 is 0 Å². The summed E-state index contributed by atoms with van der Waals surface area (Å²) >= 11 is 2.08. The number of nitrogens with one attached hydrogen (secondary N) is 1. The maximum absolute atomic E-state index is 5.62. The van der Waals surface area contributed by atoms with E-state index in [4.69, 9.17) is 9.47 Å². The Morgan fingerprint density at radius 1 is 1.35 bits per heavy atom. The Morgan fingerprint density at radius 2 is 2.24 bits per heavy atom. The summed E-state index contributed by atoms with van der Waals surface area (Å²) in [6.45, 7) is 8.27. The third kappa shape index (κ3) is 3.85. The number of hydrogen-bond acceptors (Lipinski definition) is 4. The van der Waals surface area contributed by atoms with Gasteiger partial charge in [0.25, 0.3) is 0 Å². The first-order valence-corrected chi connectivity index (χ1v) is 7.90. The van der Waals surface area contributed by atoms with Gasteiger partial charge in [0.2, 0.25) is 0 Å². The molecule has 0 aromatic rings. The van der Waals surface area contributed by atoms with Gasteiger partial charge in [0.05, 0.1) is 12.7 Å². The molecule has 2 heterocycles. The average molecular weight is 259 g/mol. The molecule has 4 atom stereocenters. The van der Waals surface area contributed by atoms with Crippen LogP contribution in [0.5, 0.6) is 0 Å². The van der Waals surface area contributed by atoms with Crippen LogP contribution in [0.3, 0.4) is 0 Å². The molecule has 0 spiro atoms. The Balaban J connectivity index is 1.76. The topological polar surface area (TPSA) is 30.5 Å². The standard InChI is InChI=1S/C13H25NO2S/c1-3-14-12(11-4-6-15-8-11)9-17-13-5-7-16-10(13)2/h10-14H,3-9H2,1-2H3. The molecule has 4 unspecified atom stereocenters. The number of hydrogen-bond donors (Lipinski definition) is 1. The molecule has 2 fully saturated rings. The van der Waals surface area contributed by atoms with Crippen molar-refractivity contribution in [2.75, 3.05) is 32.1 Å². The van der Waals surface area contributed by atoms with E-state index in [2.05, 4.69) is 30.9 Å². The molecule has 2 saturated heterocycles. The van der Waals surface area contributed by atoms with Gasteiger partial charge in [-0.3, -0.25) is 0 Å². The minimum absolute atomic E-state index is 0.433. The molecule has 2 aliphatic rings. The minimum atomic E-state index is 0.433. The zero-order chi connectivity index (χ0) is 12.1. The zero-order valence-electron chi connectivity index (χ0n) is 11.0. The normalized spacial score (nSPS) is 35.3. The third-order valence-corrected chi connectivity index (χ3v) is 5.40. The second-order valence-corrected chi connectivity index (χ2v) is 6.30. The maximum atomic E-state index is 5.62. The van der Waals surface area contributed by atoms with Crippen molar-refractivity contribution in [1.82, 2.24) is 5.32 Å². The second kappa shape index (κ2) is 6.98. The van der Waals surface area contributed by atoms with Gasteiger partial charge in [0, 0.05) is 36.2 Å². The first-order chi connectivity index (χ1) is 8.31. The van der Waals surface area contributed by atoms with Crippen molar-refractivity contribution in [3.8, 4) is 0 Å². The van der Waals surface area contributed by atoms with Crippen LogP contribution in [0.4, 0.5) is 0 Å². The SMILES string of the molecule is CCNC(CSC1CCOC1C)C1CCOC1. The molecule has 0 saturated carbocycles. The molecule has 0 amide bonds. The van der Waals surface area contributed by atoms with Gasteiger partial charge in [0.15, 0.2) is 0 Å². The molecule has 17 heavy (non-hydrogen) atoms. The highest BCUT2D eigenvalue weighted by atomic mass is 32.2. The molecule has 0 aromatic heterocycles. The molecule has 2 rings (SSSR count). The van der Waals surface area contributed by atoms with E-state index in [1.54, 1.807) is 0 Å². The monoisotopic (exact) mass is 259 g/mol. The molecule has 3 nitrogen and oxygen atoms in total. The van der Waals surface area contributed by atoms with Crippen molar-refractivity contribution in [3.05, 3.63) is 0 Å². The van der Waals surface area contributed by atoms with E-state index in [0.29, 0.717) is 23.3 Å². The highest BCUT2D eigenvalue weighted by Gasteiger charge is 2.29. The summed E-state index contributed by atoms with van der Waals surface area (Å²) in [5.74, 6) is 1.90. The Kier molecular flexibility index (Phi) is 5.60. The van der Waals surface area contributed by atoms with E-state index in [0.717, 1.165) is 26.4 Å². The quantitative estimate of drug-likeness (QED) is 0.789. The van der Waals surface area contributed by atoms with Crippen LogP contribution in [-0.2, 0) is 9.47 Å². The van der Waals surface area contributed by atoms with Gasteiger partial charge in [-0.1, -0.05) is 6.92 Å². The van der Waals surface area contributed by atoms with Crippen molar-refractivity contribution in [3.63, 3.8) is 0 Å². The Labute approximate surface area is 109 Å². The molecule has 4 heteroatoms. The zero-order valence-corrected chi connectivity index (χ0v) is 11.8. The van der Waals surface area contributed by atoms with E-state index in [1.807, 2.05) is 0 Å². The van der Waals surface area contributed by atoms with Crippen molar-refractivity contribution >= 4 is 11.8 Å². The van der Waals surface area contributed by atoms with Crippen molar-refractivity contribution in [2.24, 2.45) is 5.92 Å². The fourth-order valence-corrected chi connectivity index (χ4v) is 4.11. The van der Waals surface area contributed by atoms with E-state index in [-0.39, 0.29) is 0 Å². The molecular formula is C13H25NO2S. The van der Waals surface area contributed by atoms with Gasteiger partial charge in [-0.05, 0) is 26.3 Å². The van der Waals surface area contributed by atoms with E-state index >= 15 is 0 Å². The van der Waals surface area contributed by atoms with Crippen LogP contribution < -0.4 is 5.32 Å². The second-order valence-electron chi connectivity index (χ2n) is 5.02. The summed E-state index contributed by atoms with van der Waals surface area (Å²) in [5.41, 5.74) is 0. The highest BCUT2D eigenvalue weighted by Crippen LogP contribution is 2.29. The maximum Gasteiger partial charge on any atom is 0.0666 e. The van der Waals surface area contributed by atoms with Gasteiger partial charge in [0.1, 0.15) is 0 Å². The lowest BCUT2D eigenvalue weighted by Crippen LogP contribution is -2.39. The Morgan fingerprint density at radius 3 is 2.82 bits per heavy atom. The Bertz CT molecular complexity index is 221. The van der Waals surface area contributed by atoms with Crippen LogP contribution in [0.1, 0.15) is 26.7 Å². The summed E-state index contributed by atoms with van der Waals surface area (Å²) in [4.78, 5) is 0. The first kappa shape index (κ1) is 13.7. The first-order valence-electron chi connectivity index (χ1n) is 6.85. The third-order valence-electron chi connectivity index (χ3n) is 3.80. The summed E-state index contributed by atoms with van der Waals surface area (Å²) in [5, 5.41) is 4.31. The van der Waals surface area contributed by atoms with Gasteiger partial charge in [-0.2, -0.15) is 11.8 Å². The van der Waals surface area contributed by atoms with Crippen molar-refractivity contribution in [1.29, 1.82) is 0 Å². The van der Waals surface area contributed by atoms with Gasteiger partial charge in [-0.15, -0.1) is 0 Å². The smallest absolute Gasteiger partial charge is 0.0666 e. The fourth-order valence-electron chi connectivity index (χ4n) is 2.65. The molecule has 0 aromatic carbocycles. The lowest BCUT2D eigenvalue weighted by atomic mass is 10.0. The summed E-state index contributed by atoms with van der Waals surface area (Å²) in [6.07, 6.45) is 2.86. The summed E-state index contributed by atoms with van der Waals surface area (Å²) < 4.78 is 11.1. The number of ether oxygens (including phenoxy) is 2. The van der Waals surface area contributed by atoms with Crippen molar-refractivity contribution in [2.45, 2.75) is 44.1 Å². The predicted octanol–water partition coefficient (Wildman–Crippen LogP) is 1.91. The minimum Gasteiger partial charge on any atom is -0.381 e. The van der Waals surface area contributed by atoms with E-state index in [9.17, 15) is 0 Å². The van der Waals surface area contributed by atoms with Crippen LogP contribution in [0, 0.1) is 5.92 Å². The summed E-state index contributed by atoms with van der Waals surface area (Å²) in [6, 6.07) is 0.611. The molecule has 0 radical (unpaired) electrons. The lowest BCUT2D eigenvalue weighted by Gasteiger charge is -2.25. The average Bonchev–Trinajstić information content (AvgIpc) is 2.96. The largest absolute Gasteiger partial charge is 0.381 e. The number of thioether (sulfide) groups is 1. The predicted molar refractivity (Wildman–Crippen MR) is 72.7 cm³/mol. The molecular weight excluding hydrogens is 234 g/mol. The van der Waals surface area contributed by atoms with Crippen LogP contribution in [0.15, 0.2) is 0 Å². The van der Waals surface area contributed by atoms with Gasteiger partial charge >= 0.3 is 0 Å². The number of rotatable bonds is 6. The molecule has 0 bridgehead atoms.